The second kappa shape index (κ2) is 13.7. The molecule has 36 heavy (non-hydrogen) atoms. The number of aliphatic imine (C=N–C) groups is 2. The highest BCUT2D eigenvalue weighted by Crippen LogP contribution is 2.35. The van der Waals surface area contributed by atoms with Crippen LogP contribution in [0.5, 0.6) is 0 Å². The Kier molecular flexibility index (Phi) is 10.4. The summed E-state index contributed by atoms with van der Waals surface area (Å²) in [5, 5.41) is 0. The van der Waals surface area contributed by atoms with Crippen molar-refractivity contribution in [3.63, 3.8) is 0 Å². The smallest absolute Gasteiger partial charge is 0.194 e. The van der Waals surface area contributed by atoms with E-state index in [1.54, 1.807) is 24.6 Å². The number of nitrogens with zero attached hydrogens (tertiary/aromatic N) is 4. The number of ketones is 2. The molecule has 0 amide bonds. The van der Waals surface area contributed by atoms with Crippen LogP contribution in [0.25, 0.3) is 0 Å². The van der Waals surface area contributed by atoms with Crippen molar-refractivity contribution < 1.29 is 9.59 Å². The lowest BCUT2D eigenvalue weighted by Crippen LogP contribution is -2.30. The van der Waals surface area contributed by atoms with Gasteiger partial charge in [-0.3, -0.25) is 19.6 Å². The lowest BCUT2D eigenvalue weighted by molar-refractivity contribution is -0.117. The molecule has 0 aliphatic heterocycles. The quantitative estimate of drug-likeness (QED) is 0.352. The van der Waals surface area contributed by atoms with Crippen molar-refractivity contribution in [2.75, 3.05) is 26.2 Å². The molecule has 0 N–H and O–H groups in total. The average Bonchev–Trinajstić information content (AvgIpc) is 2.88. The van der Waals surface area contributed by atoms with Crippen LogP contribution in [0.4, 0.5) is 0 Å². The number of carbonyl (C=O) groups excluding carboxylic acids is 2. The van der Waals surface area contributed by atoms with E-state index in [-0.39, 0.29) is 11.6 Å². The Morgan fingerprint density at radius 3 is 1.33 bits per heavy atom. The molecule has 3 rings (SSSR count). The molecule has 0 radical (unpaired) electrons. The third kappa shape index (κ3) is 6.90. The van der Waals surface area contributed by atoms with Crippen LogP contribution in [0.15, 0.2) is 81.4 Å². The number of hydrogen-bond donors (Lipinski definition) is 0. The Labute approximate surface area is 216 Å². The first-order valence-corrected chi connectivity index (χ1v) is 13.4. The molecule has 3 aliphatic carbocycles. The largest absolute Gasteiger partial charge is 0.376 e. The molecular weight excluding hydrogens is 448 g/mol. The fourth-order valence-electron chi connectivity index (χ4n) is 4.63. The Morgan fingerprint density at radius 1 is 0.639 bits per heavy atom. The van der Waals surface area contributed by atoms with Gasteiger partial charge in [0.15, 0.2) is 11.6 Å². The molecule has 0 atom stereocenters. The lowest BCUT2D eigenvalue weighted by atomic mass is 9.75. The molecule has 0 aromatic heterocycles. The summed E-state index contributed by atoms with van der Waals surface area (Å²) < 4.78 is 0. The molecule has 192 valence electrons. The van der Waals surface area contributed by atoms with E-state index in [0.29, 0.717) is 35.1 Å². The summed E-state index contributed by atoms with van der Waals surface area (Å²) in [5.74, 6) is -0.206. The van der Waals surface area contributed by atoms with Crippen LogP contribution in [0.3, 0.4) is 0 Å². The van der Waals surface area contributed by atoms with E-state index >= 15 is 0 Å². The van der Waals surface area contributed by atoms with Gasteiger partial charge in [0.2, 0.25) is 0 Å². The van der Waals surface area contributed by atoms with Gasteiger partial charge in [-0.2, -0.15) is 0 Å². The highest BCUT2D eigenvalue weighted by molar-refractivity contribution is 6.37. The van der Waals surface area contributed by atoms with E-state index in [0.717, 1.165) is 63.3 Å². The van der Waals surface area contributed by atoms with Gasteiger partial charge in [-0.15, -0.1) is 0 Å². The minimum Gasteiger partial charge on any atom is -0.376 e. The number of rotatable bonds is 12. The zero-order chi connectivity index (χ0) is 25.9. The molecule has 0 spiro atoms. The normalized spacial score (nSPS) is 19.9. The molecule has 6 heteroatoms. The molecule has 6 nitrogen and oxygen atoms in total. The van der Waals surface area contributed by atoms with Gasteiger partial charge in [0.25, 0.3) is 0 Å². The van der Waals surface area contributed by atoms with Gasteiger partial charge in [-0.05, 0) is 37.8 Å². The Hall–Kier alpha value is -3.28. The van der Waals surface area contributed by atoms with Crippen molar-refractivity contribution in [3.8, 4) is 0 Å². The third-order valence-corrected chi connectivity index (χ3v) is 6.29. The highest BCUT2D eigenvalue weighted by atomic mass is 16.1. The Balaban J connectivity index is 1.76. The molecule has 0 bridgehead atoms. The first kappa shape index (κ1) is 27.3. The first-order chi connectivity index (χ1) is 17.5. The maximum Gasteiger partial charge on any atom is 0.194 e. The van der Waals surface area contributed by atoms with E-state index in [4.69, 9.17) is 0 Å². The first-order valence-electron chi connectivity index (χ1n) is 13.4. The van der Waals surface area contributed by atoms with E-state index in [2.05, 4.69) is 47.5 Å². The number of carbonyl (C=O) groups is 2. The van der Waals surface area contributed by atoms with E-state index in [9.17, 15) is 9.59 Å². The van der Waals surface area contributed by atoms with Gasteiger partial charge in [0, 0.05) is 97.5 Å². The minimum atomic E-state index is -0.103. The van der Waals surface area contributed by atoms with Gasteiger partial charge in [-0.1, -0.05) is 39.8 Å². The summed E-state index contributed by atoms with van der Waals surface area (Å²) >= 11 is 0. The molecule has 3 aliphatic rings. The van der Waals surface area contributed by atoms with Crippen LogP contribution in [-0.4, -0.2) is 59.0 Å². The molecule has 1 fully saturated rings. The molecule has 0 saturated heterocycles. The van der Waals surface area contributed by atoms with E-state index in [1.807, 2.05) is 24.6 Å². The molecule has 0 aromatic rings. The monoisotopic (exact) mass is 488 g/mol. The Morgan fingerprint density at radius 2 is 1.00 bits per heavy atom. The molecule has 0 aromatic carbocycles. The van der Waals surface area contributed by atoms with Crippen LogP contribution in [0, 0.1) is 0 Å². The minimum absolute atomic E-state index is 0.103. The zero-order valence-electron chi connectivity index (χ0n) is 22.3. The SMILES string of the molecule is CCCN(C=CN=C1C=C2C(=O)C3=CCC(=NC=CN(CCC)CCC)C=C3C(=O)C2=CC1)CCC. The van der Waals surface area contributed by atoms with Crippen molar-refractivity contribution in [2.45, 2.75) is 66.2 Å². The van der Waals surface area contributed by atoms with Crippen molar-refractivity contribution in [1.82, 2.24) is 9.80 Å². The zero-order valence-corrected chi connectivity index (χ0v) is 22.3. The van der Waals surface area contributed by atoms with Crippen LogP contribution in [-0.2, 0) is 9.59 Å². The molecule has 0 unspecified atom stereocenters. The van der Waals surface area contributed by atoms with Crippen molar-refractivity contribution in [3.05, 3.63) is 71.4 Å². The fourth-order valence-corrected chi connectivity index (χ4v) is 4.63. The van der Waals surface area contributed by atoms with Gasteiger partial charge < -0.3 is 9.80 Å². The predicted octanol–water partition coefficient (Wildman–Crippen LogP) is 5.72. The molecular formula is C30H40N4O2. The van der Waals surface area contributed by atoms with Crippen LogP contribution < -0.4 is 0 Å². The maximum absolute atomic E-state index is 13.3. The summed E-state index contributed by atoms with van der Waals surface area (Å²) in [6.45, 7) is 12.6. The van der Waals surface area contributed by atoms with Crippen molar-refractivity contribution in [2.24, 2.45) is 9.98 Å². The van der Waals surface area contributed by atoms with Gasteiger partial charge in [0.05, 0.1) is 0 Å². The number of Topliss-reactive ketones (excluding diaryl/α,β-unsaturated/α-hetero) is 2. The topological polar surface area (TPSA) is 65.3 Å². The number of hydrogen-bond acceptors (Lipinski definition) is 6. The van der Waals surface area contributed by atoms with E-state index < -0.39 is 0 Å². The van der Waals surface area contributed by atoms with Crippen molar-refractivity contribution in [1.29, 1.82) is 0 Å². The standard InChI is InChI=1S/C30H40N4O2/c1-5-15-33(16-6-2)19-13-31-23-9-11-25-27(21-23)29(35)26-12-10-24(22-28(26)30(25)36)32-14-20-34(17-7-3)18-8-4/h11-14,19-22H,5-10,15-18H2,1-4H3. The summed E-state index contributed by atoms with van der Waals surface area (Å²) in [6, 6.07) is 0. The fraction of sp³-hybridized carbons (Fsp3) is 0.467. The van der Waals surface area contributed by atoms with Crippen LogP contribution >= 0.6 is 0 Å². The second-order valence-electron chi connectivity index (χ2n) is 9.33. The maximum atomic E-state index is 13.3. The Bertz CT molecular complexity index is 984. The van der Waals surface area contributed by atoms with Gasteiger partial charge in [-0.25, -0.2) is 0 Å². The molecule has 1 saturated carbocycles. The summed E-state index contributed by atoms with van der Waals surface area (Å²) in [4.78, 5) is 40.2. The van der Waals surface area contributed by atoms with E-state index in [1.165, 1.54) is 0 Å². The summed E-state index contributed by atoms with van der Waals surface area (Å²) in [6.07, 6.45) is 20.3. The average molecular weight is 489 g/mol. The summed E-state index contributed by atoms with van der Waals surface area (Å²) in [7, 11) is 0. The van der Waals surface area contributed by atoms with Crippen LogP contribution in [0.2, 0.25) is 0 Å². The van der Waals surface area contributed by atoms with Crippen molar-refractivity contribution >= 4 is 23.0 Å². The van der Waals surface area contributed by atoms with Gasteiger partial charge >= 0.3 is 0 Å². The number of allylic oxidation sites excluding steroid dienone is 8. The predicted molar refractivity (Wildman–Crippen MR) is 149 cm³/mol. The number of fused-ring (bicyclic) bond motifs is 2. The molecule has 0 heterocycles. The van der Waals surface area contributed by atoms with Crippen LogP contribution in [0.1, 0.15) is 66.2 Å². The summed E-state index contributed by atoms with van der Waals surface area (Å²) in [5.41, 5.74) is 3.46. The lowest BCUT2D eigenvalue weighted by Gasteiger charge is -2.26. The third-order valence-electron chi connectivity index (χ3n) is 6.29. The van der Waals surface area contributed by atoms with Gasteiger partial charge in [0.1, 0.15) is 0 Å². The highest BCUT2D eigenvalue weighted by Gasteiger charge is 2.37. The second-order valence-corrected chi connectivity index (χ2v) is 9.33.